The van der Waals surface area contributed by atoms with Gasteiger partial charge in [0.15, 0.2) is 0 Å². The fraction of sp³-hybridized carbons (Fsp3) is 0.381. The second kappa shape index (κ2) is 10.2. The monoisotopic (exact) mass is 403 g/mol. The Morgan fingerprint density at radius 3 is 2.29 bits per heavy atom. The van der Waals surface area contributed by atoms with Gasteiger partial charge in [0, 0.05) is 6.54 Å². The molecule has 6 nitrogen and oxygen atoms in total. The summed E-state index contributed by atoms with van der Waals surface area (Å²) in [6, 6.07) is 15.5. The van der Waals surface area contributed by atoms with Crippen LogP contribution in [0.15, 0.2) is 59.5 Å². The summed E-state index contributed by atoms with van der Waals surface area (Å²) in [5, 5.41) is 2.83. The van der Waals surface area contributed by atoms with E-state index in [-0.39, 0.29) is 17.3 Å². The van der Waals surface area contributed by atoms with E-state index in [1.54, 1.807) is 42.5 Å². The van der Waals surface area contributed by atoms with Crippen LogP contribution in [-0.2, 0) is 21.2 Å². The highest BCUT2D eigenvalue weighted by molar-refractivity contribution is 7.92. The Morgan fingerprint density at radius 1 is 1.00 bits per heavy atom. The molecule has 0 saturated carbocycles. The first-order valence-electron chi connectivity index (χ1n) is 9.43. The third-order valence-corrected chi connectivity index (χ3v) is 6.14. The molecule has 0 aliphatic rings. The van der Waals surface area contributed by atoms with E-state index in [0.29, 0.717) is 18.7 Å². The van der Waals surface area contributed by atoms with E-state index in [9.17, 15) is 13.2 Å². The van der Waals surface area contributed by atoms with Crippen molar-refractivity contribution in [3.05, 3.63) is 60.2 Å². The van der Waals surface area contributed by atoms with Gasteiger partial charge >= 0.3 is 0 Å². The van der Waals surface area contributed by atoms with Gasteiger partial charge in [-0.1, -0.05) is 43.3 Å². The van der Waals surface area contributed by atoms with Crippen molar-refractivity contribution < 1.29 is 13.2 Å². The van der Waals surface area contributed by atoms with Crippen molar-refractivity contribution in [2.75, 3.05) is 38.0 Å². The highest BCUT2D eigenvalue weighted by Crippen LogP contribution is 2.27. The molecule has 2 rings (SSSR count). The Morgan fingerprint density at radius 2 is 1.64 bits per heavy atom. The van der Waals surface area contributed by atoms with Crippen LogP contribution in [0.4, 0.5) is 5.69 Å². The fourth-order valence-electron chi connectivity index (χ4n) is 2.88. The first kappa shape index (κ1) is 21.9. The maximum Gasteiger partial charge on any atom is 0.264 e. The minimum absolute atomic E-state index is 0.168. The van der Waals surface area contributed by atoms with Crippen molar-refractivity contribution in [2.45, 2.75) is 24.7 Å². The molecule has 0 aromatic heterocycles. The van der Waals surface area contributed by atoms with Gasteiger partial charge in [0.1, 0.15) is 6.54 Å². The predicted molar refractivity (Wildman–Crippen MR) is 113 cm³/mol. The number of hydrogen-bond acceptors (Lipinski definition) is 4. The Hall–Kier alpha value is -2.38. The minimum atomic E-state index is -3.86. The molecule has 0 aliphatic heterocycles. The number of hydrogen-bond donors (Lipinski definition) is 1. The van der Waals surface area contributed by atoms with Crippen LogP contribution in [0.25, 0.3) is 0 Å². The number of nitrogens with zero attached hydrogens (tertiary/aromatic N) is 2. The molecule has 0 bridgehead atoms. The molecule has 7 heteroatoms. The number of rotatable bonds is 10. The molecular weight excluding hydrogens is 374 g/mol. The Labute approximate surface area is 168 Å². The van der Waals surface area contributed by atoms with Crippen molar-refractivity contribution in [3.8, 4) is 0 Å². The summed E-state index contributed by atoms with van der Waals surface area (Å²) in [5.74, 6) is -0.316. The quantitative estimate of drug-likeness (QED) is 0.619. The number of carbonyl (C=O) groups is 1. The third-order valence-electron chi connectivity index (χ3n) is 4.36. The number of sulfonamides is 1. The van der Waals surface area contributed by atoms with Gasteiger partial charge in [-0.3, -0.25) is 9.10 Å². The molecule has 1 N–H and O–H groups in total. The van der Waals surface area contributed by atoms with Crippen LogP contribution in [-0.4, -0.2) is 53.0 Å². The van der Waals surface area contributed by atoms with Crippen LogP contribution < -0.4 is 9.62 Å². The SMILES string of the molecule is CCc1ccccc1N(CC(=O)NCCCN(C)C)S(=O)(=O)c1ccccc1. The molecule has 0 atom stereocenters. The van der Waals surface area contributed by atoms with Gasteiger partial charge in [0.2, 0.25) is 5.91 Å². The summed E-state index contributed by atoms with van der Waals surface area (Å²) in [4.78, 5) is 14.7. The molecule has 0 radical (unpaired) electrons. The molecule has 28 heavy (non-hydrogen) atoms. The van der Waals surface area contributed by atoms with Crippen LogP contribution in [0.5, 0.6) is 0 Å². The zero-order chi connectivity index (χ0) is 20.6. The molecule has 0 heterocycles. The second-order valence-corrected chi connectivity index (χ2v) is 8.68. The summed E-state index contributed by atoms with van der Waals surface area (Å²) in [6.45, 7) is 3.07. The number of carbonyl (C=O) groups excluding carboxylic acids is 1. The number of para-hydroxylation sites is 1. The lowest BCUT2D eigenvalue weighted by Gasteiger charge is -2.26. The summed E-state index contributed by atoms with van der Waals surface area (Å²) in [5.41, 5.74) is 1.42. The van der Waals surface area contributed by atoms with E-state index in [0.717, 1.165) is 18.5 Å². The summed E-state index contributed by atoms with van der Waals surface area (Å²) < 4.78 is 27.8. The van der Waals surface area contributed by atoms with Gasteiger partial charge in [-0.05, 0) is 57.2 Å². The maximum absolute atomic E-state index is 13.3. The minimum Gasteiger partial charge on any atom is -0.354 e. The zero-order valence-electron chi connectivity index (χ0n) is 16.8. The highest BCUT2D eigenvalue weighted by atomic mass is 32.2. The summed E-state index contributed by atoms with van der Waals surface area (Å²) in [7, 11) is 0.0783. The van der Waals surface area contributed by atoms with Crippen molar-refractivity contribution in [1.82, 2.24) is 10.2 Å². The number of anilines is 1. The zero-order valence-corrected chi connectivity index (χ0v) is 17.6. The van der Waals surface area contributed by atoms with Crippen molar-refractivity contribution in [3.63, 3.8) is 0 Å². The van der Waals surface area contributed by atoms with Crippen LogP contribution in [0.2, 0.25) is 0 Å². The lowest BCUT2D eigenvalue weighted by molar-refractivity contribution is -0.119. The van der Waals surface area contributed by atoms with Crippen molar-refractivity contribution in [2.24, 2.45) is 0 Å². The standard InChI is InChI=1S/C21H29N3O3S/c1-4-18-11-8-9-14-20(18)24(17-21(25)22-15-10-16-23(2)3)28(26,27)19-12-6-5-7-13-19/h5-9,11-14H,4,10,15-17H2,1-3H3,(H,22,25). The summed E-state index contributed by atoms with van der Waals surface area (Å²) >= 11 is 0. The molecule has 152 valence electrons. The number of amides is 1. The first-order valence-corrected chi connectivity index (χ1v) is 10.9. The number of aryl methyl sites for hydroxylation is 1. The van der Waals surface area contributed by atoms with Gasteiger partial charge in [-0.15, -0.1) is 0 Å². The Balaban J connectivity index is 2.29. The van der Waals surface area contributed by atoms with E-state index in [1.807, 2.05) is 38.1 Å². The molecule has 0 saturated heterocycles. The number of nitrogens with one attached hydrogen (secondary N) is 1. The van der Waals surface area contributed by atoms with Gasteiger partial charge in [-0.2, -0.15) is 0 Å². The van der Waals surface area contributed by atoms with E-state index in [2.05, 4.69) is 5.32 Å². The molecule has 0 spiro atoms. The van der Waals surface area contributed by atoms with Crippen LogP contribution in [0.3, 0.4) is 0 Å². The van der Waals surface area contributed by atoms with E-state index < -0.39 is 10.0 Å². The third kappa shape index (κ3) is 5.81. The average Bonchev–Trinajstić information content (AvgIpc) is 2.70. The van der Waals surface area contributed by atoms with Gasteiger partial charge < -0.3 is 10.2 Å². The maximum atomic E-state index is 13.3. The molecule has 0 fully saturated rings. The van der Waals surface area contributed by atoms with Crippen LogP contribution in [0.1, 0.15) is 18.9 Å². The Kier molecular flexibility index (Phi) is 8.02. The summed E-state index contributed by atoms with van der Waals surface area (Å²) in [6.07, 6.45) is 1.47. The molecule has 2 aromatic carbocycles. The van der Waals surface area contributed by atoms with E-state index >= 15 is 0 Å². The molecule has 0 aliphatic carbocycles. The second-order valence-electron chi connectivity index (χ2n) is 6.81. The highest BCUT2D eigenvalue weighted by Gasteiger charge is 2.28. The lowest BCUT2D eigenvalue weighted by Crippen LogP contribution is -2.41. The van der Waals surface area contributed by atoms with E-state index in [4.69, 9.17) is 0 Å². The van der Waals surface area contributed by atoms with Crippen molar-refractivity contribution >= 4 is 21.6 Å². The molecule has 1 amide bonds. The van der Waals surface area contributed by atoms with Gasteiger partial charge in [0.25, 0.3) is 10.0 Å². The van der Waals surface area contributed by atoms with Gasteiger partial charge in [-0.25, -0.2) is 8.42 Å². The Bertz CT molecular complexity index is 867. The smallest absolute Gasteiger partial charge is 0.264 e. The average molecular weight is 404 g/mol. The number of benzene rings is 2. The normalized spacial score (nSPS) is 11.4. The fourth-order valence-corrected chi connectivity index (χ4v) is 4.36. The topological polar surface area (TPSA) is 69.7 Å². The van der Waals surface area contributed by atoms with Crippen LogP contribution in [0, 0.1) is 0 Å². The lowest BCUT2D eigenvalue weighted by atomic mass is 10.1. The first-order chi connectivity index (χ1) is 13.4. The molecule has 0 unspecified atom stereocenters. The van der Waals surface area contributed by atoms with Crippen molar-refractivity contribution in [1.29, 1.82) is 0 Å². The molecule has 2 aromatic rings. The van der Waals surface area contributed by atoms with E-state index in [1.165, 1.54) is 4.31 Å². The van der Waals surface area contributed by atoms with Crippen LogP contribution >= 0.6 is 0 Å². The molecular formula is C21H29N3O3S. The predicted octanol–water partition coefficient (Wildman–Crippen LogP) is 2.51. The largest absolute Gasteiger partial charge is 0.354 e. The van der Waals surface area contributed by atoms with Gasteiger partial charge in [0.05, 0.1) is 10.6 Å².